The predicted molar refractivity (Wildman–Crippen MR) is 114 cm³/mol. The summed E-state index contributed by atoms with van der Waals surface area (Å²) in [7, 11) is 0. The number of rotatable bonds is 5. The molecular formula is C24H21F3N2O2. The molecule has 3 rings (SSSR count). The number of amides is 2. The van der Waals surface area contributed by atoms with Crippen LogP contribution in [0, 0.1) is 6.92 Å². The Kier molecular flexibility index (Phi) is 6.44. The van der Waals surface area contributed by atoms with Crippen LogP contribution in [0.2, 0.25) is 0 Å². The molecule has 1 atom stereocenters. The number of anilines is 2. The van der Waals surface area contributed by atoms with Crippen LogP contribution in [-0.4, -0.2) is 11.8 Å². The number of carbonyl (C=O) groups excluding carboxylic acids is 2. The zero-order valence-corrected chi connectivity index (χ0v) is 17.0. The third-order valence-corrected chi connectivity index (χ3v) is 4.98. The van der Waals surface area contributed by atoms with E-state index in [0.29, 0.717) is 11.3 Å². The topological polar surface area (TPSA) is 58.2 Å². The fourth-order valence-corrected chi connectivity index (χ4v) is 3.12. The molecular weight excluding hydrogens is 405 g/mol. The number of halogens is 3. The summed E-state index contributed by atoms with van der Waals surface area (Å²) in [5.74, 6) is -1.20. The van der Waals surface area contributed by atoms with Gasteiger partial charge in [0.05, 0.1) is 11.5 Å². The molecule has 160 valence electrons. The second-order valence-corrected chi connectivity index (χ2v) is 7.13. The predicted octanol–water partition coefficient (Wildman–Crippen LogP) is 6.01. The van der Waals surface area contributed by atoms with E-state index < -0.39 is 23.6 Å². The molecule has 7 heteroatoms. The zero-order chi connectivity index (χ0) is 22.6. The Morgan fingerprint density at radius 1 is 0.871 bits per heavy atom. The Morgan fingerprint density at radius 3 is 2.23 bits per heavy atom. The van der Waals surface area contributed by atoms with E-state index in [9.17, 15) is 22.8 Å². The highest BCUT2D eigenvalue weighted by atomic mass is 19.4. The van der Waals surface area contributed by atoms with Gasteiger partial charge in [-0.15, -0.1) is 0 Å². The molecule has 0 saturated heterocycles. The lowest BCUT2D eigenvalue weighted by Crippen LogP contribution is -2.20. The summed E-state index contributed by atoms with van der Waals surface area (Å²) < 4.78 is 38.7. The Hall–Kier alpha value is -3.61. The Labute approximate surface area is 178 Å². The largest absolute Gasteiger partial charge is 0.416 e. The maximum absolute atomic E-state index is 12.9. The van der Waals surface area contributed by atoms with Crippen LogP contribution in [0.5, 0.6) is 0 Å². The van der Waals surface area contributed by atoms with E-state index >= 15 is 0 Å². The van der Waals surface area contributed by atoms with Gasteiger partial charge in [-0.2, -0.15) is 13.2 Å². The molecule has 0 aliphatic carbocycles. The summed E-state index contributed by atoms with van der Waals surface area (Å²) in [5, 5.41) is 5.32. The number of hydrogen-bond acceptors (Lipinski definition) is 2. The van der Waals surface area contributed by atoms with Gasteiger partial charge in [0.15, 0.2) is 0 Å². The normalized spacial score (nSPS) is 12.2. The van der Waals surface area contributed by atoms with Gasteiger partial charge in [-0.3, -0.25) is 9.59 Å². The molecule has 31 heavy (non-hydrogen) atoms. The first-order chi connectivity index (χ1) is 14.7. The van der Waals surface area contributed by atoms with Gasteiger partial charge < -0.3 is 10.6 Å². The molecule has 3 aromatic carbocycles. The minimum Gasteiger partial charge on any atom is -0.325 e. The SMILES string of the molecule is Cc1c(NC(=O)[C@@H](C)c2ccccc2)cccc1C(=O)Nc1cccc(C(F)(F)F)c1. The zero-order valence-electron chi connectivity index (χ0n) is 17.0. The van der Waals surface area contributed by atoms with Crippen molar-refractivity contribution in [2.45, 2.75) is 25.9 Å². The number of nitrogens with one attached hydrogen (secondary N) is 2. The molecule has 3 aromatic rings. The quantitative estimate of drug-likeness (QED) is 0.525. The van der Waals surface area contributed by atoms with E-state index in [1.54, 1.807) is 32.0 Å². The summed E-state index contributed by atoms with van der Waals surface area (Å²) in [4.78, 5) is 25.3. The molecule has 0 aliphatic heterocycles. The van der Waals surface area contributed by atoms with E-state index in [1.165, 1.54) is 12.1 Å². The Balaban J connectivity index is 1.77. The van der Waals surface area contributed by atoms with Gasteiger partial charge in [-0.05, 0) is 55.3 Å². The highest BCUT2D eigenvalue weighted by Crippen LogP contribution is 2.31. The molecule has 0 spiro atoms. The fourth-order valence-electron chi connectivity index (χ4n) is 3.12. The minimum absolute atomic E-state index is 0.0337. The van der Waals surface area contributed by atoms with Crippen molar-refractivity contribution in [3.63, 3.8) is 0 Å². The second kappa shape index (κ2) is 9.04. The minimum atomic E-state index is -4.50. The van der Waals surface area contributed by atoms with Gasteiger partial charge in [0.2, 0.25) is 5.91 Å². The van der Waals surface area contributed by atoms with Gasteiger partial charge in [0.25, 0.3) is 5.91 Å². The first kappa shape index (κ1) is 22.1. The van der Waals surface area contributed by atoms with Gasteiger partial charge in [0, 0.05) is 16.9 Å². The van der Waals surface area contributed by atoms with Crippen LogP contribution in [0.1, 0.15) is 39.9 Å². The lowest BCUT2D eigenvalue weighted by molar-refractivity contribution is -0.137. The molecule has 0 aromatic heterocycles. The standard InChI is InChI=1S/C24H21F3N2O2/c1-15(17-8-4-3-5-9-17)22(30)29-21-13-7-12-20(16(21)2)23(31)28-19-11-6-10-18(14-19)24(25,26)27/h3-15H,1-2H3,(H,28,31)(H,29,30)/t15-/m0/s1. The van der Waals surface area contributed by atoms with Gasteiger partial charge in [-0.1, -0.05) is 42.5 Å². The van der Waals surface area contributed by atoms with E-state index in [2.05, 4.69) is 10.6 Å². The molecule has 2 N–H and O–H groups in total. The maximum atomic E-state index is 12.9. The van der Waals surface area contributed by atoms with Crippen LogP contribution in [0.3, 0.4) is 0 Å². The second-order valence-electron chi connectivity index (χ2n) is 7.13. The smallest absolute Gasteiger partial charge is 0.325 e. The molecule has 0 aliphatic rings. The molecule has 0 bridgehead atoms. The average Bonchev–Trinajstić information content (AvgIpc) is 2.74. The van der Waals surface area contributed by atoms with Crippen LogP contribution < -0.4 is 10.6 Å². The summed E-state index contributed by atoms with van der Waals surface area (Å²) >= 11 is 0. The highest BCUT2D eigenvalue weighted by molar-refractivity contribution is 6.07. The van der Waals surface area contributed by atoms with E-state index in [-0.39, 0.29) is 17.2 Å². The summed E-state index contributed by atoms with van der Waals surface area (Å²) in [6.45, 7) is 3.45. The summed E-state index contributed by atoms with van der Waals surface area (Å²) in [6, 6.07) is 18.5. The molecule has 0 unspecified atom stereocenters. The number of alkyl halides is 3. The molecule has 0 fully saturated rings. The van der Waals surface area contributed by atoms with E-state index in [4.69, 9.17) is 0 Å². The molecule has 0 saturated carbocycles. The van der Waals surface area contributed by atoms with Crippen molar-refractivity contribution >= 4 is 23.2 Å². The molecule has 0 radical (unpaired) electrons. The van der Waals surface area contributed by atoms with Crippen LogP contribution >= 0.6 is 0 Å². The first-order valence-electron chi connectivity index (χ1n) is 9.61. The van der Waals surface area contributed by atoms with Crippen molar-refractivity contribution < 1.29 is 22.8 Å². The van der Waals surface area contributed by atoms with Crippen molar-refractivity contribution in [1.82, 2.24) is 0 Å². The monoisotopic (exact) mass is 426 g/mol. The Morgan fingerprint density at radius 2 is 1.55 bits per heavy atom. The maximum Gasteiger partial charge on any atom is 0.416 e. The summed E-state index contributed by atoms with van der Waals surface area (Å²) in [5.41, 5.74) is 1.27. The van der Waals surface area contributed by atoms with Gasteiger partial charge in [0.1, 0.15) is 0 Å². The lowest BCUT2D eigenvalue weighted by atomic mass is 9.99. The van der Waals surface area contributed by atoms with Crippen molar-refractivity contribution in [2.24, 2.45) is 0 Å². The van der Waals surface area contributed by atoms with Gasteiger partial charge in [-0.25, -0.2) is 0 Å². The van der Waals surface area contributed by atoms with Crippen molar-refractivity contribution in [1.29, 1.82) is 0 Å². The first-order valence-corrected chi connectivity index (χ1v) is 9.61. The van der Waals surface area contributed by atoms with Crippen LogP contribution in [0.25, 0.3) is 0 Å². The van der Waals surface area contributed by atoms with E-state index in [1.807, 2.05) is 30.3 Å². The third-order valence-electron chi connectivity index (χ3n) is 4.98. The fraction of sp³-hybridized carbons (Fsp3) is 0.167. The van der Waals surface area contributed by atoms with E-state index in [0.717, 1.165) is 17.7 Å². The van der Waals surface area contributed by atoms with Gasteiger partial charge >= 0.3 is 6.18 Å². The van der Waals surface area contributed by atoms with Crippen LogP contribution in [0.15, 0.2) is 72.8 Å². The summed E-state index contributed by atoms with van der Waals surface area (Å²) in [6.07, 6.45) is -4.50. The Bertz CT molecular complexity index is 1100. The lowest BCUT2D eigenvalue weighted by Gasteiger charge is -2.16. The average molecular weight is 426 g/mol. The molecule has 2 amide bonds. The third kappa shape index (κ3) is 5.31. The number of carbonyl (C=O) groups is 2. The van der Waals surface area contributed by atoms with Crippen molar-refractivity contribution in [3.05, 3.63) is 95.1 Å². The number of hydrogen-bond donors (Lipinski definition) is 2. The molecule has 0 heterocycles. The highest BCUT2D eigenvalue weighted by Gasteiger charge is 2.30. The van der Waals surface area contributed by atoms with Crippen molar-refractivity contribution in [2.75, 3.05) is 10.6 Å². The number of benzene rings is 3. The van der Waals surface area contributed by atoms with Crippen molar-refractivity contribution in [3.8, 4) is 0 Å². The van der Waals surface area contributed by atoms with Crippen LogP contribution in [0.4, 0.5) is 24.5 Å². The van der Waals surface area contributed by atoms with Crippen LogP contribution in [-0.2, 0) is 11.0 Å². The molecule has 4 nitrogen and oxygen atoms in total.